The zero-order valence-corrected chi connectivity index (χ0v) is 18.5. The molecule has 0 radical (unpaired) electrons. The lowest BCUT2D eigenvalue weighted by molar-refractivity contribution is -0.123. The van der Waals surface area contributed by atoms with E-state index in [1.54, 1.807) is 12.1 Å². The molecule has 1 aliphatic heterocycles. The maximum atomic E-state index is 12.7. The zero-order chi connectivity index (χ0) is 22.4. The smallest absolute Gasteiger partial charge is 0.387 e. The number of nitrogens with zero attached hydrogens (tertiary/aromatic N) is 2. The number of carbonyl (C=O) groups excluding carboxylic acids is 1. The fourth-order valence-electron chi connectivity index (χ4n) is 3.83. The van der Waals surface area contributed by atoms with Crippen molar-refractivity contribution >= 4 is 5.91 Å². The average Bonchev–Trinajstić information content (AvgIpc) is 3.58. The van der Waals surface area contributed by atoms with Crippen molar-refractivity contribution in [3.63, 3.8) is 0 Å². The number of carbonyl (C=O) groups is 1. The molecule has 7 nitrogen and oxygen atoms in total. The van der Waals surface area contributed by atoms with Gasteiger partial charge < -0.3 is 19.5 Å². The van der Waals surface area contributed by atoms with Gasteiger partial charge in [0.05, 0.1) is 26.9 Å². The minimum atomic E-state index is -2.91. The molecule has 1 aliphatic carbocycles. The molecule has 9 heteroatoms. The summed E-state index contributed by atoms with van der Waals surface area (Å²) in [5.41, 5.74) is 0.740. The lowest BCUT2D eigenvalue weighted by atomic mass is 10.0. The molecule has 0 unspecified atom stereocenters. The van der Waals surface area contributed by atoms with E-state index in [1.807, 2.05) is 0 Å². The number of morpholine rings is 1. The number of alkyl halides is 2. The number of halogens is 2. The van der Waals surface area contributed by atoms with Crippen molar-refractivity contribution in [3.8, 4) is 11.5 Å². The Morgan fingerprint density at radius 2 is 2.00 bits per heavy atom. The number of benzene rings is 1. The van der Waals surface area contributed by atoms with Gasteiger partial charge in [0.25, 0.3) is 0 Å². The maximum Gasteiger partial charge on any atom is 0.387 e. The van der Waals surface area contributed by atoms with E-state index in [4.69, 9.17) is 9.47 Å². The van der Waals surface area contributed by atoms with E-state index in [9.17, 15) is 13.6 Å². The second-order valence-electron chi connectivity index (χ2n) is 8.69. The average molecular weight is 442 g/mol. The van der Waals surface area contributed by atoms with E-state index in [1.165, 1.54) is 13.2 Å². The largest absolute Gasteiger partial charge is 0.493 e. The Morgan fingerprint density at radius 1 is 1.29 bits per heavy atom. The van der Waals surface area contributed by atoms with E-state index in [-0.39, 0.29) is 22.9 Å². The van der Waals surface area contributed by atoms with Gasteiger partial charge in [-0.15, -0.1) is 0 Å². The summed E-state index contributed by atoms with van der Waals surface area (Å²) in [7, 11) is 1.42. The fourth-order valence-corrected chi connectivity index (χ4v) is 3.83. The number of hydrogen-bond donors (Lipinski definition) is 1. The Morgan fingerprint density at radius 3 is 2.61 bits per heavy atom. The molecule has 2 aliphatic rings. The number of methoxy groups -OCH3 is 1. The second-order valence-corrected chi connectivity index (χ2v) is 8.69. The van der Waals surface area contributed by atoms with Crippen molar-refractivity contribution in [2.24, 2.45) is 0 Å². The van der Waals surface area contributed by atoms with Crippen LogP contribution in [-0.2, 0) is 16.1 Å². The normalized spacial score (nSPS) is 17.8. The molecule has 1 aromatic carbocycles. The van der Waals surface area contributed by atoms with Gasteiger partial charge in [0.15, 0.2) is 11.5 Å². The summed E-state index contributed by atoms with van der Waals surface area (Å²) in [5, 5.41) is 3.08. The molecule has 31 heavy (non-hydrogen) atoms. The molecule has 0 spiro atoms. The zero-order valence-electron chi connectivity index (χ0n) is 18.5. The highest BCUT2D eigenvalue weighted by atomic mass is 19.3. The van der Waals surface area contributed by atoms with Gasteiger partial charge in [-0.05, 0) is 44.4 Å². The van der Waals surface area contributed by atoms with Crippen molar-refractivity contribution in [3.05, 3.63) is 23.8 Å². The van der Waals surface area contributed by atoms with E-state index in [2.05, 4.69) is 33.7 Å². The first kappa shape index (κ1) is 23.7. The first-order chi connectivity index (χ1) is 14.8. The molecule has 1 saturated carbocycles. The summed E-state index contributed by atoms with van der Waals surface area (Å²) < 4.78 is 40.2. The van der Waals surface area contributed by atoms with Crippen molar-refractivity contribution < 1.29 is 27.8 Å². The van der Waals surface area contributed by atoms with Gasteiger partial charge >= 0.3 is 6.61 Å². The third kappa shape index (κ3) is 7.02. The highest BCUT2D eigenvalue weighted by molar-refractivity contribution is 5.78. The third-order valence-electron chi connectivity index (χ3n) is 5.83. The van der Waals surface area contributed by atoms with Crippen molar-refractivity contribution in [2.45, 2.75) is 51.4 Å². The van der Waals surface area contributed by atoms with Crippen molar-refractivity contribution in [1.29, 1.82) is 0 Å². The minimum Gasteiger partial charge on any atom is -0.493 e. The Balaban J connectivity index is 1.55. The van der Waals surface area contributed by atoms with E-state index < -0.39 is 6.61 Å². The highest BCUT2D eigenvalue weighted by Crippen LogP contribution is 2.32. The standard InChI is InChI=1S/C22H33F2N3O4/c1-22(2,27-8-10-30-11-9-27)15-25-20(28)14-26(17-5-6-17)13-16-4-7-18(31-21(23)24)19(12-16)29-3/h4,7,12,17,21H,5-6,8-11,13-15H2,1-3H3,(H,25,28). The summed E-state index contributed by atoms with van der Waals surface area (Å²) in [6, 6.07) is 5.26. The Hall–Kier alpha value is -1.97. The number of rotatable bonds is 11. The van der Waals surface area contributed by atoms with Gasteiger partial charge in [-0.1, -0.05) is 6.07 Å². The molecule has 1 aromatic rings. The summed E-state index contributed by atoms with van der Waals surface area (Å²) >= 11 is 0. The lowest BCUT2D eigenvalue weighted by Gasteiger charge is -2.41. The molecule has 1 saturated heterocycles. The molecular weight excluding hydrogens is 408 g/mol. The molecule has 174 valence electrons. The molecule has 3 rings (SSSR count). The molecule has 1 N–H and O–H groups in total. The number of hydrogen-bond acceptors (Lipinski definition) is 6. The van der Waals surface area contributed by atoms with Gasteiger partial charge in [-0.25, -0.2) is 0 Å². The SMILES string of the molecule is COc1cc(CN(CC(=O)NCC(C)(C)N2CCOCC2)C2CC2)ccc1OC(F)F. The Kier molecular flexibility index (Phi) is 8.07. The van der Waals surface area contributed by atoms with Crippen LogP contribution in [0.25, 0.3) is 0 Å². The first-order valence-electron chi connectivity index (χ1n) is 10.7. The molecular formula is C22H33F2N3O4. The van der Waals surface area contributed by atoms with Crippen LogP contribution in [0.1, 0.15) is 32.3 Å². The quantitative estimate of drug-likeness (QED) is 0.569. The monoisotopic (exact) mass is 441 g/mol. The summed E-state index contributed by atoms with van der Waals surface area (Å²) in [6.45, 7) is 5.92. The van der Waals surface area contributed by atoms with Crippen LogP contribution in [-0.4, -0.2) is 80.4 Å². The van der Waals surface area contributed by atoms with Crippen LogP contribution < -0.4 is 14.8 Å². The van der Waals surface area contributed by atoms with Crippen LogP contribution >= 0.6 is 0 Å². The molecule has 2 fully saturated rings. The molecule has 0 aromatic heterocycles. The number of ether oxygens (including phenoxy) is 3. The van der Waals surface area contributed by atoms with E-state index in [0.717, 1.165) is 44.7 Å². The Bertz CT molecular complexity index is 737. The van der Waals surface area contributed by atoms with Crippen molar-refractivity contribution in [2.75, 3.05) is 46.5 Å². The van der Waals surface area contributed by atoms with Crippen LogP contribution in [0, 0.1) is 0 Å². The topological polar surface area (TPSA) is 63.3 Å². The van der Waals surface area contributed by atoms with Crippen LogP contribution in [0.4, 0.5) is 8.78 Å². The fraction of sp³-hybridized carbons (Fsp3) is 0.682. The summed E-state index contributed by atoms with van der Waals surface area (Å²) in [4.78, 5) is 17.1. The van der Waals surface area contributed by atoms with Gasteiger partial charge in [0.1, 0.15) is 0 Å². The third-order valence-corrected chi connectivity index (χ3v) is 5.83. The van der Waals surface area contributed by atoms with Gasteiger partial charge in [0, 0.05) is 37.8 Å². The molecule has 0 bridgehead atoms. The molecule has 0 atom stereocenters. The van der Waals surface area contributed by atoms with Gasteiger partial charge in [-0.2, -0.15) is 8.78 Å². The number of nitrogens with one attached hydrogen (secondary N) is 1. The van der Waals surface area contributed by atoms with Crippen LogP contribution in [0.15, 0.2) is 18.2 Å². The second kappa shape index (κ2) is 10.6. The molecule has 1 heterocycles. The van der Waals surface area contributed by atoms with Gasteiger partial charge in [0.2, 0.25) is 5.91 Å². The molecule has 1 amide bonds. The highest BCUT2D eigenvalue weighted by Gasteiger charge is 2.32. The maximum absolute atomic E-state index is 12.7. The van der Waals surface area contributed by atoms with E-state index in [0.29, 0.717) is 25.7 Å². The van der Waals surface area contributed by atoms with Crippen LogP contribution in [0.5, 0.6) is 11.5 Å². The first-order valence-corrected chi connectivity index (χ1v) is 10.7. The van der Waals surface area contributed by atoms with Crippen molar-refractivity contribution in [1.82, 2.24) is 15.1 Å². The summed E-state index contributed by atoms with van der Waals surface area (Å²) in [5.74, 6) is 0.241. The lowest BCUT2D eigenvalue weighted by Crippen LogP contribution is -2.56. The predicted molar refractivity (Wildman–Crippen MR) is 113 cm³/mol. The van der Waals surface area contributed by atoms with Crippen LogP contribution in [0.3, 0.4) is 0 Å². The van der Waals surface area contributed by atoms with E-state index >= 15 is 0 Å². The summed E-state index contributed by atoms with van der Waals surface area (Å²) in [6.07, 6.45) is 2.10. The number of amides is 1. The predicted octanol–water partition coefficient (Wildman–Crippen LogP) is 2.49. The minimum absolute atomic E-state index is 0.00214. The van der Waals surface area contributed by atoms with Crippen LogP contribution in [0.2, 0.25) is 0 Å². The Labute approximate surface area is 182 Å². The van der Waals surface area contributed by atoms with Gasteiger partial charge in [-0.3, -0.25) is 14.6 Å².